The molecule has 31 heavy (non-hydrogen) atoms. The Kier molecular flexibility index (Phi) is 6.03. The van der Waals surface area contributed by atoms with Gasteiger partial charge in [-0.15, -0.1) is 10.2 Å². The Morgan fingerprint density at radius 1 is 0.871 bits per heavy atom. The second kappa shape index (κ2) is 9.05. The van der Waals surface area contributed by atoms with E-state index < -0.39 is 29.0 Å². The third kappa shape index (κ3) is 4.61. The SMILES string of the molecule is O=C(CSc1nnc(-c2ccccc2)n1-c1ccc(F)cc1)Nc1c(F)cccc1F. The summed E-state index contributed by atoms with van der Waals surface area (Å²) >= 11 is 1.04. The molecule has 1 heterocycles. The Morgan fingerprint density at radius 3 is 2.23 bits per heavy atom. The van der Waals surface area contributed by atoms with Gasteiger partial charge in [0.25, 0.3) is 0 Å². The van der Waals surface area contributed by atoms with Crippen molar-refractivity contribution in [3.8, 4) is 17.1 Å². The fourth-order valence-corrected chi connectivity index (χ4v) is 3.64. The minimum atomic E-state index is -0.862. The van der Waals surface area contributed by atoms with Gasteiger partial charge in [-0.2, -0.15) is 0 Å². The van der Waals surface area contributed by atoms with E-state index in [4.69, 9.17) is 0 Å². The maximum absolute atomic E-state index is 13.8. The van der Waals surface area contributed by atoms with E-state index in [1.807, 2.05) is 30.3 Å². The van der Waals surface area contributed by atoms with Crippen LogP contribution in [0.25, 0.3) is 17.1 Å². The summed E-state index contributed by atoms with van der Waals surface area (Å²) in [4.78, 5) is 12.3. The molecule has 0 bridgehead atoms. The van der Waals surface area contributed by atoms with Crippen molar-refractivity contribution in [1.29, 1.82) is 0 Å². The zero-order valence-corrected chi connectivity index (χ0v) is 16.7. The van der Waals surface area contributed by atoms with Gasteiger partial charge < -0.3 is 5.32 Å². The van der Waals surface area contributed by atoms with E-state index in [1.54, 1.807) is 16.7 Å². The van der Waals surface area contributed by atoms with Crippen LogP contribution in [0.3, 0.4) is 0 Å². The highest BCUT2D eigenvalue weighted by atomic mass is 32.2. The summed E-state index contributed by atoms with van der Waals surface area (Å²) < 4.78 is 42.6. The highest BCUT2D eigenvalue weighted by Gasteiger charge is 2.18. The fourth-order valence-electron chi connectivity index (χ4n) is 2.88. The number of nitrogens with zero attached hydrogens (tertiary/aromatic N) is 3. The van der Waals surface area contributed by atoms with E-state index in [9.17, 15) is 18.0 Å². The molecule has 1 amide bonds. The average Bonchev–Trinajstić information content (AvgIpc) is 3.20. The molecule has 0 unspecified atom stereocenters. The van der Waals surface area contributed by atoms with Gasteiger partial charge in [0.05, 0.1) is 5.75 Å². The van der Waals surface area contributed by atoms with Gasteiger partial charge in [-0.1, -0.05) is 48.2 Å². The van der Waals surface area contributed by atoms with Gasteiger partial charge in [-0.3, -0.25) is 9.36 Å². The van der Waals surface area contributed by atoms with Crippen molar-refractivity contribution in [3.05, 3.63) is 90.2 Å². The molecule has 9 heteroatoms. The molecule has 5 nitrogen and oxygen atoms in total. The lowest BCUT2D eigenvalue weighted by Crippen LogP contribution is -2.16. The zero-order valence-electron chi connectivity index (χ0n) is 15.9. The number of hydrogen-bond acceptors (Lipinski definition) is 4. The van der Waals surface area contributed by atoms with E-state index in [1.165, 1.54) is 18.2 Å². The van der Waals surface area contributed by atoms with Crippen molar-refractivity contribution in [3.63, 3.8) is 0 Å². The fraction of sp³-hybridized carbons (Fsp3) is 0.0455. The van der Waals surface area contributed by atoms with Crippen molar-refractivity contribution in [1.82, 2.24) is 14.8 Å². The number of nitrogens with one attached hydrogen (secondary N) is 1. The third-order valence-corrected chi connectivity index (χ3v) is 5.24. The Bertz CT molecular complexity index is 1190. The van der Waals surface area contributed by atoms with E-state index in [0.29, 0.717) is 16.7 Å². The first-order valence-electron chi connectivity index (χ1n) is 9.16. The van der Waals surface area contributed by atoms with Crippen LogP contribution in [0.5, 0.6) is 0 Å². The number of benzene rings is 3. The number of thioether (sulfide) groups is 1. The Morgan fingerprint density at radius 2 is 1.55 bits per heavy atom. The first kappa shape index (κ1) is 20.7. The van der Waals surface area contributed by atoms with Gasteiger partial charge in [0.2, 0.25) is 5.91 Å². The van der Waals surface area contributed by atoms with E-state index in [0.717, 1.165) is 29.5 Å². The van der Waals surface area contributed by atoms with Gasteiger partial charge in [-0.25, -0.2) is 13.2 Å². The number of carbonyl (C=O) groups is 1. The molecule has 1 N–H and O–H groups in total. The minimum absolute atomic E-state index is 0.165. The molecule has 0 aliphatic heterocycles. The first-order chi connectivity index (χ1) is 15.0. The number of carbonyl (C=O) groups excluding carboxylic acids is 1. The molecule has 0 radical (unpaired) electrons. The summed E-state index contributed by atoms with van der Waals surface area (Å²) in [6.07, 6.45) is 0. The van der Waals surface area contributed by atoms with E-state index in [2.05, 4.69) is 15.5 Å². The number of para-hydroxylation sites is 1. The van der Waals surface area contributed by atoms with Crippen LogP contribution in [-0.2, 0) is 4.79 Å². The highest BCUT2D eigenvalue weighted by Crippen LogP contribution is 2.28. The normalized spacial score (nSPS) is 10.8. The highest BCUT2D eigenvalue weighted by molar-refractivity contribution is 7.99. The van der Waals surface area contributed by atoms with Gasteiger partial charge in [0.1, 0.15) is 23.1 Å². The van der Waals surface area contributed by atoms with Gasteiger partial charge in [-0.05, 0) is 36.4 Å². The van der Waals surface area contributed by atoms with Gasteiger partial charge >= 0.3 is 0 Å². The Labute approximate surface area is 179 Å². The van der Waals surface area contributed by atoms with Crippen LogP contribution in [-0.4, -0.2) is 26.4 Å². The number of anilines is 1. The summed E-state index contributed by atoms with van der Waals surface area (Å²) in [7, 11) is 0. The Balaban J connectivity index is 1.60. The van der Waals surface area contributed by atoms with Crippen molar-refractivity contribution in [2.75, 3.05) is 11.1 Å². The first-order valence-corrected chi connectivity index (χ1v) is 10.1. The van der Waals surface area contributed by atoms with E-state index in [-0.39, 0.29) is 5.75 Å². The molecule has 4 aromatic rings. The zero-order chi connectivity index (χ0) is 21.8. The lowest BCUT2D eigenvalue weighted by Gasteiger charge is -2.11. The lowest BCUT2D eigenvalue weighted by molar-refractivity contribution is -0.113. The predicted octanol–water partition coefficient (Wildman–Crippen LogP) is 5.08. The molecule has 0 aliphatic rings. The number of rotatable bonds is 6. The largest absolute Gasteiger partial charge is 0.320 e. The molecule has 1 aromatic heterocycles. The van der Waals surface area contributed by atoms with Crippen molar-refractivity contribution < 1.29 is 18.0 Å². The summed E-state index contributed by atoms with van der Waals surface area (Å²) in [5.41, 5.74) is 0.885. The molecule has 156 valence electrons. The molecule has 0 spiro atoms. The molecule has 0 atom stereocenters. The maximum atomic E-state index is 13.8. The topological polar surface area (TPSA) is 59.8 Å². The van der Waals surface area contributed by atoms with Crippen LogP contribution < -0.4 is 5.32 Å². The standard InChI is InChI=1S/C22H15F3N4OS/c23-15-9-11-16(12-10-15)29-21(14-5-2-1-3-6-14)27-28-22(29)31-13-19(30)26-20-17(24)7-4-8-18(20)25/h1-12H,13H2,(H,26,30). The average molecular weight is 440 g/mol. The lowest BCUT2D eigenvalue weighted by atomic mass is 10.2. The van der Waals surface area contributed by atoms with Gasteiger partial charge in [0, 0.05) is 11.3 Å². The monoisotopic (exact) mass is 440 g/mol. The van der Waals surface area contributed by atoms with Crippen molar-refractivity contribution in [2.24, 2.45) is 0 Å². The number of hydrogen-bond donors (Lipinski definition) is 1. The number of halogens is 3. The quantitative estimate of drug-likeness (QED) is 0.425. The molecule has 0 saturated heterocycles. The second-order valence-corrected chi connectivity index (χ2v) is 7.36. The summed E-state index contributed by atoms with van der Waals surface area (Å²) in [6.45, 7) is 0. The summed E-state index contributed by atoms with van der Waals surface area (Å²) in [5.74, 6) is -2.38. The van der Waals surface area contributed by atoms with Crippen LogP contribution in [0.15, 0.2) is 78.0 Å². The predicted molar refractivity (Wildman–Crippen MR) is 112 cm³/mol. The Hall–Kier alpha value is -3.59. The molecule has 4 rings (SSSR count). The molecule has 0 aliphatic carbocycles. The number of amides is 1. The van der Waals surface area contributed by atoms with Crippen molar-refractivity contribution >= 4 is 23.4 Å². The van der Waals surface area contributed by atoms with Crippen LogP contribution in [0.4, 0.5) is 18.9 Å². The maximum Gasteiger partial charge on any atom is 0.235 e. The summed E-state index contributed by atoms with van der Waals surface area (Å²) in [5, 5.41) is 11.0. The van der Waals surface area contributed by atoms with Gasteiger partial charge in [0.15, 0.2) is 11.0 Å². The van der Waals surface area contributed by atoms with Crippen LogP contribution in [0.1, 0.15) is 0 Å². The smallest absolute Gasteiger partial charge is 0.235 e. The molecule has 3 aromatic carbocycles. The summed E-state index contributed by atoms with van der Waals surface area (Å²) in [6, 6.07) is 18.4. The minimum Gasteiger partial charge on any atom is -0.320 e. The molecular formula is C22H15F3N4OS. The molecule has 0 fully saturated rings. The third-order valence-electron chi connectivity index (χ3n) is 4.31. The number of aromatic nitrogens is 3. The van der Waals surface area contributed by atoms with Crippen LogP contribution in [0, 0.1) is 17.5 Å². The van der Waals surface area contributed by atoms with Crippen LogP contribution >= 0.6 is 11.8 Å². The van der Waals surface area contributed by atoms with Crippen LogP contribution in [0.2, 0.25) is 0 Å². The second-order valence-electron chi connectivity index (χ2n) is 6.42. The van der Waals surface area contributed by atoms with Crippen molar-refractivity contribution in [2.45, 2.75) is 5.16 Å². The molecular weight excluding hydrogens is 425 g/mol. The molecule has 0 saturated carbocycles. The van der Waals surface area contributed by atoms with E-state index >= 15 is 0 Å².